The Morgan fingerprint density at radius 3 is 2.43 bits per heavy atom. The van der Waals surface area contributed by atoms with Gasteiger partial charge in [0.2, 0.25) is 5.91 Å². The zero-order valence-corrected chi connectivity index (χ0v) is 15.6. The molecule has 5 heteroatoms. The molecule has 2 aromatic rings. The average Bonchev–Trinajstić information content (AvgIpc) is 3.17. The number of benzene rings is 1. The van der Waals surface area contributed by atoms with Crippen molar-refractivity contribution in [2.45, 2.75) is 24.8 Å². The highest BCUT2D eigenvalue weighted by molar-refractivity contribution is 9.10. The minimum absolute atomic E-state index is 0.231. The molecule has 110 valence electrons. The van der Waals surface area contributed by atoms with E-state index in [9.17, 15) is 4.79 Å². The van der Waals surface area contributed by atoms with Gasteiger partial charge in [-0.05, 0) is 52.5 Å². The lowest BCUT2D eigenvalue weighted by Gasteiger charge is -2.23. The minimum atomic E-state index is -0.288. The fourth-order valence-electron chi connectivity index (χ4n) is 2.63. The monoisotopic (exact) mass is 427 g/mol. The molecule has 1 heterocycles. The molecule has 21 heavy (non-hydrogen) atoms. The second-order valence-electron chi connectivity index (χ2n) is 5.48. The molecule has 0 spiro atoms. The Bertz CT molecular complexity index is 661. The van der Waals surface area contributed by atoms with Crippen LogP contribution in [0.3, 0.4) is 0 Å². The number of carbonyl (C=O) groups is 1. The number of thiophene rings is 1. The Balaban J connectivity index is 1.76. The highest BCUT2D eigenvalue weighted by atomic mass is 79.9. The summed E-state index contributed by atoms with van der Waals surface area (Å²) in [5.74, 6) is 0.231. The first kappa shape index (κ1) is 15.3. The van der Waals surface area contributed by atoms with Crippen LogP contribution in [-0.2, 0) is 16.8 Å². The number of carbonyl (C=O) groups excluding carboxylic acids is 1. The van der Waals surface area contributed by atoms with Crippen LogP contribution in [0.25, 0.3) is 0 Å². The topological polar surface area (TPSA) is 20.3 Å². The van der Waals surface area contributed by atoms with E-state index in [-0.39, 0.29) is 11.3 Å². The summed E-state index contributed by atoms with van der Waals surface area (Å²) in [5.41, 5.74) is 0.846. The Morgan fingerprint density at radius 1 is 1.24 bits per heavy atom. The third kappa shape index (κ3) is 3.10. The fraction of sp³-hybridized carbons (Fsp3) is 0.312. The first-order valence-electron chi connectivity index (χ1n) is 6.76. The van der Waals surface area contributed by atoms with Crippen molar-refractivity contribution in [3.8, 4) is 0 Å². The van der Waals surface area contributed by atoms with Crippen LogP contribution in [0.15, 0.2) is 44.7 Å². The van der Waals surface area contributed by atoms with Gasteiger partial charge in [-0.3, -0.25) is 4.79 Å². The SMILES string of the molecule is CN(Cc1cc(Br)cs1)C(=O)C1(c2ccc(Br)cc2)CC1. The molecular formula is C16H15Br2NOS. The molecule has 1 saturated carbocycles. The van der Waals surface area contributed by atoms with Crippen LogP contribution < -0.4 is 0 Å². The Kier molecular flexibility index (Phi) is 4.26. The zero-order valence-electron chi connectivity index (χ0n) is 11.6. The highest BCUT2D eigenvalue weighted by Crippen LogP contribution is 2.49. The van der Waals surface area contributed by atoms with Crippen molar-refractivity contribution in [1.82, 2.24) is 4.90 Å². The molecule has 0 aliphatic heterocycles. The van der Waals surface area contributed by atoms with Gasteiger partial charge in [-0.1, -0.05) is 28.1 Å². The van der Waals surface area contributed by atoms with Gasteiger partial charge in [-0.25, -0.2) is 0 Å². The standard InChI is InChI=1S/C16H15Br2NOS/c1-19(9-14-8-13(18)10-21-14)15(20)16(6-7-16)11-2-4-12(17)5-3-11/h2-5,8,10H,6-7,9H2,1H3. The molecule has 0 saturated heterocycles. The van der Waals surface area contributed by atoms with E-state index in [1.165, 1.54) is 4.88 Å². The first-order chi connectivity index (χ1) is 10.0. The lowest BCUT2D eigenvalue weighted by Crippen LogP contribution is -2.35. The van der Waals surface area contributed by atoms with Gasteiger partial charge >= 0.3 is 0 Å². The fourth-order valence-corrected chi connectivity index (χ4v) is 4.40. The summed E-state index contributed by atoms with van der Waals surface area (Å²) in [5, 5.41) is 2.05. The van der Waals surface area contributed by atoms with E-state index in [4.69, 9.17) is 0 Å². The maximum Gasteiger partial charge on any atom is 0.233 e. The summed E-state index contributed by atoms with van der Waals surface area (Å²) in [6.45, 7) is 0.674. The summed E-state index contributed by atoms with van der Waals surface area (Å²) in [4.78, 5) is 15.9. The van der Waals surface area contributed by atoms with Crippen LogP contribution in [-0.4, -0.2) is 17.9 Å². The number of amides is 1. The number of rotatable bonds is 4. The number of likely N-dealkylation sites (N-methyl/N-ethyl adjacent to an activating group) is 1. The van der Waals surface area contributed by atoms with Crippen molar-refractivity contribution >= 4 is 49.1 Å². The van der Waals surface area contributed by atoms with Gasteiger partial charge in [0.1, 0.15) is 0 Å². The van der Waals surface area contributed by atoms with Crippen molar-refractivity contribution in [3.05, 3.63) is 55.1 Å². The molecule has 1 amide bonds. The van der Waals surface area contributed by atoms with Crippen LogP contribution in [0.1, 0.15) is 23.3 Å². The summed E-state index contributed by atoms with van der Waals surface area (Å²) in [6.07, 6.45) is 1.90. The summed E-state index contributed by atoms with van der Waals surface area (Å²) < 4.78 is 2.13. The van der Waals surface area contributed by atoms with E-state index in [0.29, 0.717) is 6.54 Å². The largest absolute Gasteiger partial charge is 0.340 e. The molecule has 0 radical (unpaired) electrons. The van der Waals surface area contributed by atoms with Gasteiger partial charge in [0, 0.05) is 26.3 Å². The molecule has 1 aliphatic rings. The maximum atomic E-state index is 12.8. The van der Waals surface area contributed by atoms with Crippen LogP contribution in [0.2, 0.25) is 0 Å². The molecule has 0 N–H and O–H groups in total. The van der Waals surface area contributed by atoms with Crippen LogP contribution in [0.4, 0.5) is 0 Å². The molecule has 1 fully saturated rings. The van der Waals surface area contributed by atoms with Crippen molar-refractivity contribution in [2.24, 2.45) is 0 Å². The van der Waals surface area contributed by atoms with E-state index >= 15 is 0 Å². The summed E-state index contributed by atoms with van der Waals surface area (Å²) in [7, 11) is 1.90. The first-order valence-corrected chi connectivity index (χ1v) is 9.22. The third-order valence-corrected chi connectivity index (χ3v) is 6.13. The van der Waals surface area contributed by atoms with Crippen LogP contribution >= 0.6 is 43.2 Å². The van der Waals surface area contributed by atoms with Crippen molar-refractivity contribution in [3.63, 3.8) is 0 Å². The molecule has 3 rings (SSSR count). The lowest BCUT2D eigenvalue weighted by atomic mass is 9.94. The Hall–Kier alpha value is -0.650. The van der Waals surface area contributed by atoms with Crippen molar-refractivity contribution in [1.29, 1.82) is 0 Å². The molecule has 1 aliphatic carbocycles. The predicted octanol–water partition coefficient (Wildman–Crippen LogP) is 4.96. The van der Waals surface area contributed by atoms with Crippen LogP contribution in [0.5, 0.6) is 0 Å². The van der Waals surface area contributed by atoms with Gasteiger partial charge in [0.15, 0.2) is 0 Å². The maximum absolute atomic E-state index is 12.8. The normalized spacial score (nSPS) is 15.8. The Labute approximate surface area is 145 Å². The zero-order chi connectivity index (χ0) is 15.0. The number of hydrogen-bond donors (Lipinski definition) is 0. The van der Waals surface area contributed by atoms with Gasteiger partial charge in [0.05, 0.1) is 12.0 Å². The quantitative estimate of drug-likeness (QED) is 0.673. The van der Waals surface area contributed by atoms with Gasteiger partial charge in [0.25, 0.3) is 0 Å². The number of nitrogens with zero attached hydrogens (tertiary/aromatic N) is 1. The minimum Gasteiger partial charge on any atom is -0.340 e. The molecule has 0 bridgehead atoms. The molecule has 1 aromatic heterocycles. The molecule has 0 unspecified atom stereocenters. The molecular weight excluding hydrogens is 414 g/mol. The van der Waals surface area contributed by atoms with E-state index < -0.39 is 0 Å². The van der Waals surface area contributed by atoms with E-state index in [0.717, 1.165) is 27.4 Å². The predicted molar refractivity (Wildman–Crippen MR) is 93.5 cm³/mol. The molecule has 1 aromatic carbocycles. The molecule has 0 atom stereocenters. The van der Waals surface area contributed by atoms with Crippen molar-refractivity contribution in [2.75, 3.05) is 7.05 Å². The van der Waals surface area contributed by atoms with Gasteiger partial charge < -0.3 is 4.90 Å². The molecule has 2 nitrogen and oxygen atoms in total. The van der Waals surface area contributed by atoms with Crippen LogP contribution in [0, 0.1) is 0 Å². The van der Waals surface area contributed by atoms with Gasteiger partial charge in [-0.15, -0.1) is 11.3 Å². The second kappa shape index (κ2) is 5.86. The second-order valence-corrected chi connectivity index (χ2v) is 8.31. The van der Waals surface area contributed by atoms with E-state index in [2.05, 4.69) is 55.4 Å². The Morgan fingerprint density at radius 2 is 1.90 bits per heavy atom. The third-order valence-electron chi connectivity index (χ3n) is 3.92. The van der Waals surface area contributed by atoms with E-state index in [1.54, 1.807) is 11.3 Å². The lowest BCUT2D eigenvalue weighted by molar-refractivity contribution is -0.133. The summed E-state index contributed by atoms with van der Waals surface area (Å²) >= 11 is 8.58. The summed E-state index contributed by atoms with van der Waals surface area (Å²) in [6, 6.07) is 10.2. The number of hydrogen-bond acceptors (Lipinski definition) is 2. The smallest absolute Gasteiger partial charge is 0.233 e. The van der Waals surface area contributed by atoms with Gasteiger partial charge in [-0.2, -0.15) is 0 Å². The van der Waals surface area contributed by atoms with Crippen molar-refractivity contribution < 1.29 is 4.79 Å². The van der Waals surface area contributed by atoms with E-state index in [1.807, 2.05) is 24.1 Å². The number of halogens is 2. The highest BCUT2D eigenvalue weighted by Gasteiger charge is 2.52. The average molecular weight is 429 g/mol.